The van der Waals surface area contributed by atoms with Crippen LogP contribution in [-0.4, -0.2) is 34.5 Å². The van der Waals surface area contributed by atoms with Gasteiger partial charge in [0, 0.05) is 29.8 Å². The first-order valence-corrected chi connectivity index (χ1v) is 7.20. The van der Waals surface area contributed by atoms with E-state index >= 15 is 0 Å². The lowest BCUT2D eigenvalue weighted by molar-refractivity contribution is -0.384. The van der Waals surface area contributed by atoms with Gasteiger partial charge in [-0.2, -0.15) is 0 Å². The summed E-state index contributed by atoms with van der Waals surface area (Å²) in [6.45, 7) is 5.97. The fourth-order valence-corrected chi connectivity index (χ4v) is 3.12. The molecular weight excluding hydrogens is 266 g/mol. The Labute approximate surface area is 123 Å². The molecular formula is C16H19N3O2. The zero-order valence-corrected chi connectivity index (χ0v) is 12.2. The average molecular weight is 285 g/mol. The Balaban J connectivity index is 2.10. The van der Waals surface area contributed by atoms with Crippen LogP contribution in [0.3, 0.4) is 0 Å². The van der Waals surface area contributed by atoms with Gasteiger partial charge in [-0.25, -0.2) is 0 Å². The molecule has 0 bridgehead atoms. The maximum atomic E-state index is 11.0. The molecule has 0 radical (unpaired) electrons. The van der Waals surface area contributed by atoms with Crippen molar-refractivity contribution in [2.45, 2.75) is 18.9 Å². The van der Waals surface area contributed by atoms with Gasteiger partial charge in [-0.3, -0.25) is 10.1 Å². The first kappa shape index (κ1) is 13.8. The largest absolute Gasteiger partial charge is 0.343 e. The fourth-order valence-electron chi connectivity index (χ4n) is 3.12. The van der Waals surface area contributed by atoms with Crippen LogP contribution in [0.4, 0.5) is 5.69 Å². The number of piperidine rings is 1. The Morgan fingerprint density at radius 3 is 2.71 bits per heavy atom. The van der Waals surface area contributed by atoms with E-state index < -0.39 is 0 Å². The number of fused-ring (bicyclic) bond motifs is 1. The topological polar surface area (TPSA) is 51.3 Å². The van der Waals surface area contributed by atoms with Gasteiger partial charge in [-0.1, -0.05) is 12.7 Å². The van der Waals surface area contributed by atoms with Crippen LogP contribution in [0, 0.1) is 10.1 Å². The number of nitro benzene ring substituents is 1. The van der Waals surface area contributed by atoms with Crippen LogP contribution < -0.4 is 0 Å². The molecule has 3 rings (SSSR count). The third-order valence-electron chi connectivity index (χ3n) is 4.36. The quantitative estimate of drug-likeness (QED) is 0.641. The number of rotatable bonds is 3. The van der Waals surface area contributed by atoms with Crippen LogP contribution in [0.1, 0.15) is 24.4 Å². The highest BCUT2D eigenvalue weighted by Crippen LogP contribution is 2.32. The van der Waals surface area contributed by atoms with Crippen molar-refractivity contribution in [2.75, 3.05) is 20.1 Å². The van der Waals surface area contributed by atoms with Gasteiger partial charge in [0.2, 0.25) is 0 Å². The van der Waals surface area contributed by atoms with E-state index in [4.69, 9.17) is 0 Å². The lowest BCUT2D eigenvalue weighted by Crippen LogP contribution is -2.31. The molecule has 0 amide bonds. The Kier molecular flexibility index (Phi) is 3.51. The minimum Gasteiger partial charge on any atom is -0.343 e. The lowest BCUT2D eigenvalue weighted by atomic mass is 10.1. The summed E-state index contributed by atoms with van der Waals surface area (Å²) >= 11 is 0. The SMILES string of the molecule is C=Cc1cn(C2CCN(C)CC2)c2cc([N+](=O)[O-])ccc12. The Bertz CT molecular complexity index is 697. The number of aromatic nitrogens is 1. The summed E-state index contributed by atoms with van der Waals surface area (Å²) in [6.07, 6.45) is 6.04. The summed E-state index contributed by atoms with van der Waals surface area (Å²) in [5.41, 5.74) is 2.12. The molecule has 5 heteroatoms. The van der Waals surface area contributed by atoms with Crippen LogP contribution in [0.15, 0.2) is 31.0 Å². The number of likely N-dealkylation sites (tertiary alicyclic amines) is 1. The number of non-ortho nitro benzene ring substituents is 1. The number of hydrogen-bond donors (Lipinski definition) is 0. The van der Waals surface area contributed by atoms with E-state index in [0.717, 1.165) is 42.4 Å². The second-order valence-electron chi connectivity index (χ2n) is 5.69. The predicted octanol–water partition coefficient (Wildman–Crippen LogP) is 3.46. The zero-order valence-electron chi connectivity index (χ0n) is 12.2. The molecule has 110 valence electrons. The van der Waals surface area contributed by atoms with Gasteiger partial charge >= 0.3 is 0 Å². The summed E-state index contributed by atoms with van der Waals surface area (Å²) in [7, 11) is 2.13. The van der Waals surface area contributed by atoms with Crippen LogP contribution in [-0.2, 0) is 0 Å². The second-order valence-corrected chi connectivity index (χ2v) is 5.69. The van der Waals surface area contributed by atoms with E-state index in [1.807, 2.05) is 12.1 Å². The van der Waals surface area contributed by atoms with Crippen molar-refractivity contribution < 1.29 is 4.92 Å². The summed E-state index contributed by atoms with van der Waals surface area (Å²) in [5, 5.41) is 12.1. The molecule has 21 heavy (non-hydrogen) atoms. The highest BCUT2D eigenvalue weighted by molar-refractivity contribution is 5.90. The van der Waals surface area contributed by atoms with Gasteiger partial charge in [0.25, 0.3) is 5.69 Å². The van der Waals surface area contributed by atoms with Gasteiger partial charge in [-0.15, -0.1) is 0 Å². The van der Waals surface area contributed by atoms with Gasteiger partial charge in [0.05, 0.1) is 10.4 Å². The number of nitrogens with zero attached hydrogens (tertiary/aromatic N) is 3. The van der Waals surface area contributed by atoms with E-state index in [2.05, 4.69) is 29.3 Å². The third-order valence-corrected chi connectivity index (χ3v) is 4.36. The summed E-state index contributed by atoms with van der Waals surface area (Å²) in [5.74, 6) is 0. The molecule has 0 N–H and O–H groups in total. The van der Waals surface area contributed by atoms with Crippen LogP contribution >= 0.6 is 0 Å². The first-order chi connectivity index (χ1) is 10.1. The molecule has 1 aliphatic rings. The van der Waals surface area contributed by atoms with E-state index in [1.54, 1.807) is 12.1 Å². The highest BCUT2D eigenvalue weighted by atomic mass is 16.6. The molecule has 1 fully saturated rings. The van der Waals surface area contributed by atoms with Crippen molar-refractivity contribution in [3.8, 4) is 0 Å². The normalized spacial score (nSPS) is 17.2. The summed E-state index contributed by atoms with van der Waals surface area (Å²) < 4.78 is 2.20. The molecule has 1 saturated heterocycles. The van der Waals surface area contributed by atoms with E-state index in [-0.39, 0.29) is 10.6 Å². The lowest BCUT2D eigenvalue weighted by Gasteiger charge is -2.30. The van der Waals surface area contributed by atoms with Crippen molar-refractivity contribution in [3.63, 3.8) is 0 Å². The average Bonchev–Trinajstić information content (AvgIpc) is 2.86. The second kappa shape index (κ2) is 5.33. The zero-order chi connectivity index (χ0) is 15.0. The molecule has 0 unspecified atom stereocenters. The minimum absolute atomic E-state index is 0.144. The van der Waals surface area contributed by atoms with Crippen molar-refractivity contribution in [1.82, 2.24) is 9.47 Å². The maximum absolute atomic E-state index is 11.0. The third kappa shape index (κ3) is 2.45. The van der Waals surface area contributed by atoms with Crippen molar-refractivity contribution in [3.05, 3.63) is 46.7 Å². The molecule has 5 nitrogen and oxygen atoms in total. The monoisotopic (exact) mass is 285 g/mol. The van der Waals surface area contributed by atoms with Gasteiger partial charge in [-0.05, 0) is 44.6 Å². The molecule has 0 saturated carbocycles. The van der Waals surface area contributed by atoms with Crippen LogP contribution in [0.2, 0.25) is 0 Å². The molecule has 2 aromatic rings. The Morgan fingerprint density at radius 2 is 2.10 bits per heavy atom. The van der Waals surface area contributed by atoms with E-state index in [1.165, 1.54) is 0 Å². The van der Waals surface area contributed by atoms with Gasteiger partial charge < -0.3 is 9.47 Å². The number of benzene rings is 1. The van der Waals surface area contributed by atoms with Gasteiger partial charge in [0.1, 0.15) is 0 Å². The minimum atomic E-state index is -0.334. The molecule has 1 aromatic heterocycles. The van der Waals surface area contributed by atoms with Crippen LogP contribution in [0.25, 0.3) is 17.0 Å². The molecule has 0 aliphatic carbocycles. The highest BCUT2D eigenvalue weighted by Gasteiger charge is 2.21. The smallest absolute Gasteiger partial charge is 0.271 e. The molecule has 0 atom stereocenters. The molecule has 0 spiro atoms. The molecule has 2 heterocycles. The number of nitro groups is 1. The van der Waals surface area contributed by atoms with E-state index in [0.29, 0.717) is 6.04 Å². The van der Waals surface area contributed by atoms with Crippen molar-refractivity contribution >= 4 is 22.7 Å². The first-order valence-electron chi connectivity index (χ1n) is 7.20. The maximum Gasteiger partial charge on any atom is 0.271 e. The standard InChI is InChI=1S/C16H19N3O2/c1-3-12-11-18(13-6-8-17(2)9-7-13)16-10-14(19(20)21)4-5-15(12)16/h3-5,10-11,13H,1,6-9H2,2H3. The summed E-state index contributed by atoms with van der Waals surface area (Å²) in [4.78, 5) is 13.0. The van der Waals surface area contributed by atoms with E-state index in [9.17, 15) is 10.1 Å². The predicted molar refractivity (Wildman–Crippen MR) is 84.5 cm³/mol. The van der Waals surface area contributed by atoms with Crippen molar-refractivity contribution in [2.24, 2.45) is 0 Å². The van der Waals surface area contributed by atoms with Gasteiger partial charge in [0.15, 0.2) is 0 Å². The molecule has 1 aliphatic heterocycles. The summed E-state index contributed by atoms with van der Waals surface area (Å²) in [6, 6.07) is 5.48. The number of hydrogen-bond acceptors (Lipinski definition) is 3. The van der Waals surface area contributed by atoms with Crippen molar-refractivity contribution in [1.29, 1.82) is 0 Å². The van der Waals surface area contributed by atoms with Crippen LogP contribution in [0.5, 0.6) is 0 Å². The fraction of sp³-hybridized carbons (Fsp3) is 0.375. The Hall–Kier alpha value is -2.14. The Morgan fingerprint density at radius 1 is 1.38 bits per heavy atom. The molecule has 1 aromatic carbocycles.